The zero-order chi connectivity index (χ0) is 12.8. The smallest absolute Gasteiger partial charge is 0.0947 e. The van der Waals surface area contributed by atoms with Crippen molar-refractivity contribution < 1.29 is 0 Å². The second kappa shape index (κ2) is 6.61. The maximum atomic E-state index is 4.55. The van der Waals surface area contributed by atoms with Gasteiger partial charge in [0.25, 0.3) is 0 Å². The maximum absolute atomic E-state index is 4.55. The molecule has 1 atom stereocenters. The number of aromatic nitrogens is 2. The van der Waals surface area contributed by atoms with Crippen LogP contribution in [0.4, 0.5) is 0 Å². The highest BCUT2D eigenvalue weighted by atomic mass is 32.1. The minimum Gasteiger partial charge on any atom is -0.310 e. The van der Waals surface area contributed by atoms with E-state index in [1.54, 1.807) is 11.3 Å². The summed E-state index contributed by atoms with van der Waals surface area (Å²) in [5.41, 5.74) is 2.39. The standard InChI is InChI=1S/C14H19N3S/c1-3-6-16-13(12-4-7-15-8-5-12)9-14-17-11(2)10-18-14/h4-5,7-8,10,13,16H,3,6,9H2,1-2H3. The third-order valence-electron chi connectivity index (χ3n) is 2.79. The number of hydrogen-bond acceptors (Lipinski definition) is 4. The molecule has 0 amide bonds. The van der Waals surface area contributed by atoms with Gasteiger partial charge in [-0.1, -0.05) is 6.92 Å². The Morgan fingerprint density at radius 1 is 1.33 bits per heavy atom. The number of thiazole rings is 1. The second-order valence-corrected chi connectivity index (χ2v) is 5.32. The van der Waals surface area contributed by atoms with Crippen molar-refractivity contribution in [1.29, 1.82) is 0 Å². The number of aryl methyl sites for hydroxylation is 1. The molecule has 2 aromatic heterocycles. The lowest BCUT2D eigenvalue weighted by molar-refractivity contribution is 0.527. The molecule has 0 aliphatic heterocycles. The average Bonchev–Trinajstić information content (AvgIpc) is 2.81. The fourth-order valence-electron chi connectivity index (χ4n) is 1.89. The molecule has 0 spiro atoms. The zero-order valence-corrected chi connectivity index (χ0v) is 11.7. The molecule has 2 rings (SSSR count). The minimum absolute atomic E-state index is 0.332. The molecule has 0 radical (unpaired) electrons. The average molecular weight is 261 g/mol. The Morgan fingerprint density at radius 3 is 2.72 bits per heavy atom. The lowest BCUT2D eigenvalue weighted by atomic mass is 10.1. The first-order valence-corrected chi connectivity index (χ1v) is 7.22. The number of rotatable bonds is 6. The molecule has 0 aliphatic rings. The summed E-state index contributed by atoms with van der Waals surface area (Å²) in [6, 6.07) is 4.49. The molecule has 0 saturated heterocycles. The quantitative estimate of drug-likeness (QED) is 0.868. The minimum atomic E-state index is 0.332. The Kier molecular flexibility index (Phi) is 4.84. The highest BCUT2D eigenvalue weighted by Gasteiger charge is 2.13. The fourth-order valence-corrected chi connectivity index (χ4v) is 2.71. The van der Waals surface area contributed by atoms with Crippen LogP contribution in [0.15, 0.2) is 29.9 Å². The summed E-state index contributed by atoms with van der Waals surface area (Å²) >= 11 is 1.74. The second-order valence-electron chi connectivity index (χ2n) is 4.37. The van der Waals surface area contributed by atoms with Gasteiger partial charge in [0, 0.05) is 35.9 Å². The molecule has 3 nitrogen and oxygen atoms in total. The summed E-state index contributed by atoms with van der Waals surface area (Å²) < 4.78 is 0. The van der Waals surface area contributed by atoms with Gasteiger partial charge in [0.2, 0.25) is 0 Å². The van der Waals surface area contributed by atoms with Gasteiger partial charge in [-0.05, 0) is 37.6 Å². The monoisotopic (exact) mass is 261 g/mol. The van der Waals surface area contributed by atoms with Crippen LogP contribution < -0.4 is 5.32 Å². The van der Waals surface area contributed by atoms with Gasteiger partial charge in [-0.15, -0.1) is 11.3 Å². The van der Waals surface area contributed by atoms with Crippen molar-refractivity contribution in [2.75, 3.05) is 6.54 Å². The van der Waals surface area contributed by atoms with Crippen LogP contribution >= 0.6 is 11.3 Å². The van der Waals surface area contributed by atoms with Crippen molar-refractivity contribution in [3.05, 3.63) is 46.2 Å². The number of pyridine rings is 1. The van der Waals surface area contributed by atoms with Gasteiger partial charge in [-0.25, -0.2) is 4.98 Å². The molecule has 1 unspecified atom stereocenters. The molecule has 18 heavy (non-hydrogen) atoms. The summed E-state index contributed by atoms with van der Waals surface area (Å²) in [5.74, 6) is 0. The molecule has 0 fully saturated rings. The Labute approximate surface area is 112 Å². The Bertz CT molecular complexity index is 467. The van der Waals surface area contributed by atoms with Gasteiger partial charge in [0.15, 0.2) is 0 Å². The van der Waals surface area contributed by atoms with E-state index in [-0.39, 0.29) is 0 Å². The summed E-state index contributed by atoms with van der Waals surface area (Å²) in [6.45, 7) is 5.25. The van der Waals surface area contributed by atoms with Gasteiger partial charge in [-0.3, -0.25) is 4.98 Å². The van der Waals surface area contributed by atoms with Gasteiger partial charge < -0.3 is 5.32 Å². The van der Waals surface area contributed by atoms with E-state index in [0.29, 0.717) is 6.04 Å². The van der Waals surface area contributed by atoms with Crippen LogP contribution in [-0.4, -0.2) is 16.5 Å². The SMILES string of the molecule is CCCNC(Cc1nc(C)cs1)c1ccncc1. The van der Waals surface area contributed by atoms with Crippen molar-refractivity contribution in [3.8, 4) is 0 Å². The van der Waals surface area contributed by atoms with E-state index in [1.165, 1.54) is 10.6 Å². The third-order valence-corrected chi connectivity index (χ3v) is 3.78. The highest BCUT2D eigenvalue weighted by molar-refractivity contribution is 7.09. The molecule has 2 aromatic rings. The molecule has 96 valence electrons. The van der Waals surface area contributed by atoms with E-state index in [2.05, 4.69) is 39.7 Å². The Morgan fingerprint density at radius 2 is 2.11 bits per heavy atom. The molecule has 0 aliphatic carbocycles. The molecular formula is C14H19N3S. The molecule has 0 aromatic carbocycles. The van der Waals surface area contributed by atoms with Crippen LogP contribution in [0, 0.1) is 6.92 Å². The molecule has 0 bridgehead atoms. The van der Waals surface area contributed by atoms with Crippen molar-refractivity contribution in [3.63, 3.8) is 0 Å². The van der Waals surface area contributed by atoms with Crippen molar-refractivity contribution >= 4 is 11.3 Å². The number of nitrogens with one attached hydrogen (secondary N) is 1. The van der Waals surface area contributed by atoms with Crippen LogP contribution in [-0.2, 0) is 6.42 Å². The largest absolute Gasteiger partial charge is 0.310 e. The lowest BCUT2D eigenvalue weighted by Gasteiger charge is -2.17. The summed E-state index contributed by atoms with van der Waals surface area (Å²) in [6.07, 6.45) is 5.78. The van der Waals surface area contributed by atoms with Gasteiger partial charge in [-0.2, -0.15) is 0 Å². The Balaban J connectivity index is 2.10. The van der Waals surface area contributed by atoms with E-state index < -0.39 is 0 Å². The van der Waals surface area contributed by atoms with E-state index in [4.69, 9.17) is 0 Å². The first-order chi connectivity index (χ1) is 8.79. The van der Waals surface area contributed by atoms with Gasteiger partial charge in [0.1, 0.15) is 0 Å². The van der Waals surface area contributed by atoms with Crippen LogP contribution in [0.5, 0.6) is 0 Å². The molecule has 2 heterocycles. The van der Waals surface area contributed by atoms with E-state index in [0.717, 1.165) is 25.1 Å². The van der Waals surface area contributed by atoms with Crippen molar-refractivity contribution in [2.45, 2.75) is 32.7 Å². The topological polar surface area (TPSA) is 37.8 Å². The van der Waals surface area contributed by atoms with Gasteiger partial charge in [0.05, 0.1) is 5.01 Å². The van der Waals surface area contributed by atoms with E-state index >= 15 is 0 Å². The third kappa shape index (κ3) is 3.62. The normalized spacial score (nSPS) is 12.6. The summed E-state index contributed by atoms with van der Waals surface area (Å²) in [5, 5.41) is 6.88. The predicted octanol–water partition coefficient (Wildman–Crippen LogP) is 3.13. The molecule has 1 N–H and O–H groups in total. The number of hydrogen-bond donors (Lipinski definition) is 1. The van der Waals surface area contributed by atoms with Crippen LogP contribution in [0.25, 0.3) is 0 Å². The molecule has 4 heteroatoms. The summed E-state index contributed by atoms with van der Waals surface area (Å²) in [7, 11) is 0. The highest BCUT2D eigenvalue weighted by Crippen LogP contribution is 2.20. The maximum Gasteiger partial charge on any atom is 0.0947 e. The van der Waals surface area contributed by atoms with Crippen molar-refractivity contribution in [2.24, 2.45) is 0 Å². The first kappa shape index (κ1) is 13.2. The van der Waals surface area contributed by atoms with Crippen LogP contribution in [0.1, 0.15) is 35.7 Å². The summed E-state index contributed by atoms with van der Waals surface area (Å²) in [4.78, 5) is 8.63. The predicted molar refractivity (Wildman–Crippen MR) is 75.8 cm³/mol. The molecular weight excluding hydrogens is 242 g/mol. The van der Waals surface area contributed by atoms with Crippen molar-refractivity contribution in [1.82, 2.24) is 15.3 Å². The number of nitrogens with zero attached hydrogens (tertiary/aromatic N) is 2. The van der Waals surface area contributed by atoms with Crippen LogP contribution in [0.2, 0.25) is 0 Å². The van der Waals surface area contributed by atoms with Crippen LogP contribution in [0.3, 0.4) is 0 Å². The fraction of sp³-hybridized carbons (Fsp3) is 0.429. The first-order valence-electron chi connectivity index (χ1n) is 6.34. The lowest BCUT2D eigenvalue weighted by Crippen LogP contribution is -2.24. The van der Waals surface area contributed by atoms with E-state index in [9.17, 15) is 0 Å². The molecule has 0 saturated carbocycles. The van der Waals surface area contributed by atoms with Gasteiger partial charge >= 0.3 is 0 Å². The Hall–Kier alpha value is -1.26. The van der Waals surface area contributed by atoms with E-state index in [1.807, 2.05) is 19.3 Å². The zero-order valence-electron chi connectivity index (χ0n) is 10.9.